The molecule has 0 aromatic heterocycles. The van der Waals surface area contributed by atoms with Gasteiger partial charge >= 0.3 is 0 Å². The first kappa shape index (κ1) is 15.2. The van der Waals surface area contributed by atoms with Crippen molar-refractivity contribution in [1.82, 2.24) is 0 Å². The second-order valence-corrected chi connectivity index (χ2v) is 5.87. The van der Waals surface area contributed by atoms with Crippen LogP contribution >= 0.6 is 0 Å². The van der Waals surface area contributed by atoms with E-state index in [2.05, 4.69) is 53.4 Å². The predicted molar refractivity (Wildman–Crippen MR) is 105 cm³/mol. The van der Waals surface area contributed by atoms with E-state index >= 15 is 0 Å². The van der Waals surface area contributed by atoms with Crippen LogP contribution in [0.3, 0.4) is 0 Å². The number of anilines is 2. The average Bonchev–Trinajstić information content (AvgIpc) is 2.82. The van der Waals surface area contributed by atoms with Crippen LogP contribution in [0.1, 0.15) is 11.1 Å². The summed E-state index contributed by atoms with van der Waals surface area (Å²) in [7, 11) is 0. The number of nitrogens with zero attached hydrogens (tertiary/aromatic N) is 2. The summed E-state index contributed by atoms with van der Waals surface area (Å²) in [5, 5.41) is 0. The highest BCUT2D eigenvalue weighted by Gasteiger charge is 2.22. The molecule has 0 bridgehead atoms. The van der Waals surface area contributed by atoms with Gasteiger partial charge in [0, 0.05) is 17.7 Å². The number of hydrogen-bond donors (Lipinski definition) is 1. The number of hydrogen-bond acceptors (Lipinski definition) is 3. The second kappa shape index (κ2) is 6.65. The molecular weight excluding hydrogens is 306 g/mol. The fraction of sp³-hybridized carbons (Fsp3) is 0.0455. The summed E-state index contributed by atoms with van der Waals surface area (Å²) in [4.78, 5) is 7.29. The SMILES string of the molecule is NC=CCN1c2ccccc2N=C(c2ccccc2)c2ccccc21. The summed E-state index contributed by atoms with van der Waals surface area (Å²) in [5.74, 6) is 0. The molecule has 3 heteroatoms. The van der Waals surface area contributed by atoms with Crippen LogP contribution in [0.25, 0.3) is 0 Å². The van der Waals surface area contributed by atoms with Crippen molar-refractivity contribution in [2.45, 2.75) is 0 Å². The van der Waals surface area contributed by atoms with Gasteiger partial charge in [-0.1, -0.05) is 60.7 Å². The topological polar surface area (TPSA) is 41.6 Å². The van der Waals surface area contributed by atoms with E-state index in [4.69, 9.17) is 10.7 Å². The molecule has 0 radical (unpaired) electrons. The Morgan fingerprint density at radius 1 is 0.800 bits per heavy atom. The standard InChI is InChI=1S/C22H19N3/c23-15-8-16-25-20-13-6-4-11-18(20)22(17-9-2-1-3-10-17)24-19-12-5-7-14-21(19)25/h1-15H,16,23H2. The minimum atomic E-state index is 0.697. The van der Waals surface area contributed by atoms with Crippen molar-refractivity contribution < 1.29 is 0 Å². The third-order valence-corrected chi connectivity index (χ3v) is 4.33. The van der Waals surface area contributed by atoms with Gasteiger partial charge in [-0.2, -0.15) is 0 Å². The van der Waals surface area contributed by atoms with Crippen molar-refractivity contribution in [3.63, 3.8) is 0 Å². The minimum absolute atomic E-state index is 0.697. The molecule has 3 aromatic carbocycles. The first-order chi connectivity index (χ1) is 12.4. The first-order valence-corrected chi connectivity index (χ1v) is 8.35. The lowest BCUT2D eigenvalue weighted by Gasteiger charge is -2.25. The molecule has 1 aliphatic heterocycles. The lowest BCUT2D eigenvalue weighted by atomic mass is 10.00. The number of fused-ring (bicyclic) bond motifs is 2. The highest BCUT2D eigenvalue weighted by atomic mass is 15.2. The lowest BCUT2D eigenvalue weighted by Crippen LogP contribution is -2.19. The predicted octanol–water partition coefficient (Wildman–Crippen LogP) is 4.78. The smallest absolute Gasteiger partial charge is 0.0874 e. The molecule has 0 amide bonds. The Kier molecular flexibility index (Phi) is 4.05. The van der Waals surface area contributed by atoms with Gasteiger partial charge in [-0.05, 0) is 30.5 Å². The van der Waals surface area contributed by atoms with Gasteiger partial charge in [0.15, 0.2) is 0 Å². The number of rotatable bonds is 3. The largest absolute Gasteiger partial charge is 0.405 e. The maximum Gasteiger partial charge on any atom is 0.0874 e. The lowest BCUT2D eigenvalue weighted by molar-refractivity contribution is 1.09. The molecule has 0 saturated carbocycles. The second-order valence-electron chi connectivity index (χ2n) is 5.87. The summed E-state index contributed by atoms with van der Waals surface area (Å²) in [6.45, 7) is 0.697. The van der Waals surface area contributed by atoms with Gasteiger partial charge in [0.05, 0.1) is 22.8 Å². The van der Waals surface area contributed by atoms with E-state index in [0.29, 0.717) is 6.54 Å². The first-order valence-electron chi connectivity index (χ1n) is 8.35. The molecule has 25 heavy (non-hydrogen) atoms. The van der Waals surface area contributed by atoms with Crippen LogP contribution in [0.15, 0.2) is 96.1 Å². The molecule has 4 rings (SSSR count). The van der Waals surface area contributed by atoms with E-state index in [-0.39, 0.29) is 0 Å². The maximum absolute atomic E-state index is 5.61. The molecule has 0 atom stereocenters. The minimum Gasteiger partial charge on any atom is -0.405 e. The molecule has 2 N–H and O–H groups in total. The molecular formula is C22H19N3. The molecule has 1 aliphatic rings. The summed E-state index contributed by atoms with van der Waals surface area (Å²) >= 11 is 0. The Morgan fingerprint density at radius 2 is 1.48 bits per heavy atom. The molecule has 0 saturated heterocycles. The van der Waals surface area contributed by atoms with E-state index in [1.54, 1.807) is 6.20 Å². The van der Waals surface area contributed by atoms with Crippen LogP contribution in [0, 0.1) is 0 Å². The zero-order valence-corrected chi connectivity index (χ0v) is 13.8. The highest BCUT2D eigenvalue weighted by Crippen LogP contribution is 2.40. The highest BCUT2D eigenvalue weighted by molar-refractivity contribution is 6.18. The molecule has 0 fully saturated rings. The maximum atomic E-state index is 5.61. The third-order valence-electron chi connectivity index (χ3n) is 4.33. The van der Waals surface area contributed by atoms with Crippen LogP contribution in [0.4, 0.5) is 17.1 Å². The Hall–Kier alpha value is -3.33. The van der Waals surface area contributed by atoms with Crippen LogP contribution in [0.2, 0.25) is 0 Å². The van der Waals surface area contributed by atoms with Crippen molar-refractivity contribution >= 4 is 22.8 Å². The van der Waals surface area contributed by atoms with Gasteiger partial charge in [-0.25, -0.2) is 4.99 Å². The number of para-hydroxylation sites is 3. The summed E-state index contributed by atoms with van der Waals surface area (Å²) in [6.07, 6.45) is 3.55. The van der Waals surface area contributed by atoms with Gasteiger partial charge in [0.1, 0.15) is 0 Å². The van der Waals surface area contributed by atoms with Crippen molar-refractivity contribution in [2.24, 2.45) is 10.7 Å². The quantitative estimate of drug-likeness (QED) is 0.753. The van der Waals surface area contributed by atoms with Gasteiger partial charge in [0.25, 0.3) is 0 Å². The normalized spacial score (nSPS) is 13.1. The zero-order valence-electron chi connectivity index (χ0n) is 13.8. The van der Waals surface area contributed by atoms with Crippen molar-refractivity contribution in [3.8, 4) is 0 Å². The van der Waals surface area contributed by atoms with Crippen LogP contribution in [-0.2, 0) is 0 Å². The van der Waals surface area contributed by atoms with E-state index in [9.17, 15) is 0 Å². The molecule has 3 aromatic rings. The summed E-state index contributed by atoms with van der Waals surface area (Å²) in [5.41, 5.74) is 12.0. The van der Waals surface area contributed by atoms with E-state index < -0.39 is 0 Å². The van der Waals surface area contributed by atoms with Gasteiger partial charge < -0.3 is 10.6 Å². The average molecular weight is 325 g/mol. The summed E-state index contributed by atoms with van der Waals surface area (Å²) < 4.78 is 0. The Labute approximate surface area is 147 Å². The zero-order chi connectivity index (χ0) is 17.1. The number of nitrogens with two attached hydrogens (primary N) is 1. The van der Waals surface area contributed by atoms with Gasteiger partial charge in [-0.3, -0.25) is 0 Å². The van der Waals surface area contributed by atoms with E-state index in [1.165, 1.54) is 0 Å². The van der Waals surface area contributed by atoms with Crippen molar-refractivity contribution in [1.29, 1.82) is 0 Å². The Morgan fingerprint density at radius 3 is 2.28 bits per heavy atom. The monoisotopic (exact) mass is 325 g/mol. The van der Waals surface area contributed by atoms with E-state index in [1.807, 2.05) is 36.4 Å². The van der Waals surface area contributed by atoms with Crippen LogP contribution in [0.5, 0.6) is 0 Å². The van der Waals surface area contributed by atoms with Gasteiger partial charge in [-0.15, -0.1) is 0 Å². The fourth-order valence-electron chi connectivity index (χ4n) is 3.19. The van der Waals surface area contributed by atoms with Gasteiger partial charge in [0.2, 0.25) is 0 Å². The van der Waals surface area contributed by atoms with Crippen LogP contribution in [-0.4, -0.2) is 12.3 Å². The Balaban J connectivity index is 1.99. The molecule has 0 unspecified atom stereocenters. The molecule has 0 aliphatic carbocycles. The fourth-order valence-corrected chi connectivity index (χ4v) is 3.19. The van der Waals surface area contributed by atoms with Crippen LogP contribution < -0.4 is 10.6 Å². The number of benzene rings is 3. The molecule has 0 spiro atoms. The molecule has 1 heterocycles. The molecule has 3 nitrogen and oxygen atoms in total. The van der Waals surface area contributed by atoms with Crippen molar-refractivity contribution in [2.75, 3.05) is 11.4 Å². The molecule has 122 valence electrons. The van der Waals surface area contributed by atoms with Crippen molar-refractivity contribution in [3.05, 3.63) is 102 Å². The third kappa shape index (κ3) is 2.81. The summed E-state index contributed by atoms with van der Waals surface area (Å²) in [6, 6.07) is 27.0. The van der Waals surface area contributed by atoms with E-state index in [0.717, 1.165) is 33.9 Å². The number of aliphatic imine (C=N–C) groups is 1. The Bertz CT molecular complexity index is 942.